The average molecular weight is 341 g/mol. The zero-order chi connectivity index (χ0) is 15.5. The minimum atomic E-state index is -0.138. The molecule has 0 bridgehead atoms. The van der Waals surface area contributed by atoms with Crippen LogP contribution in [0.1, 0.15) is 49.8 Å². The summed E-state index contributed by atoms with van der Waals surface area (Å²) in [5, 5.41) is 6.48. The number of nitrogens with one attached hydrogen (secondary N) is 2. The molecule has 1 aliphatic heterocycles. The van der Waals surface area contributed by atoms with E-state index in [0.29, 0.717) is 18.3 Å². The van der Waals surface area contributed by atoms with Crippen LogP contribution < -0.4 is 10.6 Å². The van der Waals surface area contributed by atoms with Crippen LogP contribution in [0.25, 0.3) is 0 Å². The van der Waals surface area contributed by atoms with Gasteiger partial charge in [-0.25, -0.2) is 4.39 Å². The number of rotatable bonds is 4. The lowest BCUT2D eigenvalue weighted by Gasteiger charge is -2.32. The van der Waals surface area contributed by atoms with Crippen LogP contribution in [0.15, 0.2) is 18.2 Å². The highest BCUT2D eigenvalue weighted by atomic mass is 35.5. The monoisotopic (exact) mass is 340 g/mol. The lowest BCUT2D eigenvalue weighted by atomic mass is 9.80. The summed E-state index contributed by atoms with van der Waals surface area (Å²) in [6.45, 7) is 4.24. The quantitative estimate of drug-likeness (QED) is 0.882. The zero-order valence-electron chi connectivity index (χ0n) is 13.6. The first-order chi connectivity index (χ1) is 10.6. The van der Waals surface area contributed by atoms with Crippen LogP contribution in [0.2, 0.25) is 0 Å². The van der Waals surface area contributed by atoms with Gasteiger partial charge in [0.2, 0.25) is 5.91 Å². The SMILES string of the molecule is CC1CCc2c(F)cccc2C1NC(=O)CCC1CCNC1.Cl. The summed E-state index contributed by atoms with van der Waals surface area (Å²) in [6, 6.07) is 5.17. The Morgan fingerprint density at radius 3 is 2.96 bits per heavy atom. The van der Waals surface area contributed by atoms with E-state index in [1.165, 1.54) is 12.5 Å². The van der Waals surface area contributed by atoms with Gasteiger partial charge in [-0.1, -0.05) is 19.1 Å². The molecule has 23 heavy (non-hydrogen) atoms. The van der Waals surface area contributed by atoms with Crippen molar-refractivity contribution in [3.05, 3.63) is 35.1 Å². The fourth-order valence-corrected chi connectivity index (χ4v) is 3.74. The van der Waals surface area contributed by atoms with E-state index in [-0.39, 0.29) is 30.2 Å². The molecule has 3 atom stereocenters. The molecular formula is C18H26ClFN2O. The second-order valence-corrected chi connectivity index (χ2v) is 6.77. The van der Waals surface area contributed by atoms with Crippen LogP contribution in [0.5, 0.6) is 0 Å². The van der Waals surface area contributed by atoms with Crippen LogP contribution in [-0.2, 0) is 11.2 Å². The van der Waals surface area contributed by atoms with Crippen molar-refractivity contribution in [2.75, 3.05) is 13.1 Å². The largest absolute Gasteiger partial charge is 0.349 e. The van der Waals surface area contributed by atoms with Gasteiger partial charge in [-0.2, -0.15) is 0 Å². The fourth-order valence-electron chi connectivity index (χ4n) is 3.74. The van der Waals surface area contributed by atoms with Gasteiger partial charge in [0, 0.05) is 6.42 Å². The fraction of sp³-hybridized carbons (Fsp3) is 0.611. The molecular weight excluding hydrogens is 315 g/mol. The van der Waals surface area contributed by atoms with Crippen LogP contribution in [0.4, 0.5) is 4.39 Å². The van der Waals surface area contributed by atoms with Gasteiger partial charge in [0.1, 0.15) is 5.82 Å². The summed E-state index contributed by atoms with van der Waals surface area (Å²) < 4.78 is 13.9. The highest BCUT2D eigenvalue weighted by molar-refractivity contribution is 5.85. The molecule has 1 fully saturated rings. The molecule has 1 heterocycles. The first-order valence-electron chi connectivity index (χ1n) is 8.42. The van der Waals surface area contributed by atoms with Crippen molar-refractivity contribution in [3.8, 4) is 0 Å². The number of benzene rings is 1. The van der Waals surface area contributed by atoms with Crippen LogP contribution in [-0.4, -0.2) is 19.0 Å². The van der Waals surface area contributed by atoms with E-state index in [1.54, 1.807) is 6.07 Å². The summed E-state index contributed by atoms with van der Waals surface area (Å²) in [5.41, 5.74) is 1.75. The maximum absolute atomic E-state index is 13.9. The molecule has 0 radical (unpaired) electrons. The van der Waals surface area contributed by atoms with E-state index in [9.17, 15) is 9.18 Å². The third kappa shape index (κ3) is 4.24. The Morgan fingerprint density at radius 1 is 1.39 bits per heavy atom. The summed E-state index contributed by atoms with van der Waals surface area (Å²) in [5.74, 6) is 0.937. The Kier molecular flexibility index (Phi) is 6.42. The topological polar surface area (TPSA) is 41.1 Å². The number of carbonyl (C=O) groups excluding carboxylic acids is 1. The molecule has 3 nitrogen and oxygen atoms in total. The van der Waals surface area contributed by atoms with E-state index in [1.807, 2.05) is 6.07 Å². The molecule has 2 aliphatic rings. The van der Waals surface area contributed by atoms with Crippen LogP contribution >= 0.6 is 12.4 Å². The Bertz CT molecular complexity index is 546. The molecule has 1 amide bonds. The zero-order valence-corrected chi connectivity index (χ0v) is 14.4. The highest BCUT2D eigenvalue weighted by Crippen LogP contribution is 2.35. The Balaban J connectivity index is 0.00000192. The van der Waals surface area contributed by atoms with Gasteiger partial charge in [0.15, 0.2) is 0 Å². The third-order valence-corrected chi connectivity index (χ3v) is 5.17. The molecule has 1 aromatic carbocycles. The third-order valence-electron chi connectivity index (χ3n) is 5.17. The number of carbonyl (C=O) groups is 1. The van der Waals surface area contributed by atoms with Crippen molar-refractivity contribution in [1.82, 2.24) is 10.6 Å². The van der Waals surface area contributed by atoms with Crippen molar-refractivity contribution in [3.63, 3.8) is 0 Å². The van der Waals surface area contributed by atoms with Gasteiger partial charge < -0.3 is 10.6 Å². The molecule has 3 unspecified atom stereocenters. The minimum absolute atomic E-state index is 0. The van der Waals surface area contributed by atoms with Gasteiger partial charge in [-0.05, 0) is 67.8 Å². The first-order valence-corrected chi connectivity index (χ1v) is 8.42. The predicted octanol–water partition coefficient (Wildman–Crippen LogP) is 3.38. The van der Waals surface area contributed by atoms with Crippen LogP contribution in [0.3, 0.4) is 0 Å². The molecule has 3 rings (SSSR count). The normalized spacial score (nSPS) is 26.3. The van der Waals surface area contributed by atoms with E-state index in [0.717, 1.165) is 43.5 Å². The minimum Gasteiger partial charge on any atom is -0.349 e. The van der Waals surface area contributed by atoms with E-state index in [2.05, 4.69) is 17.6 Å². The number of hydrogen-bond acceptors (Lipinski definition) is 2. The second kappa shape index (κ2) is 8.11. The van der Waals surface area contributed by atoms with E-state index < -0.39 is 0 Å². The molecule has 2 N–H and O–H groups in total. The molecule has 1 saturated heterocycles. The number of hydrogen-bond donors (Lipinski definition) is 2. The molecule has 1 aromatic rings. The van der Waals surface area contributed by atoms with Gasteiger partial charge >= 0.3 is 0 Å². The Morgan fingerprint density at radius 2 is 2.22 bits per heavy atom. The summed E-state index contributed by atoms with van der Waals surface area (Å²) in [4.78, 5) is 12.3. The Hall–Kier alpha value is -1.13. The van der Waals surface area contributed by atoms with E-state index in [4.69, 9.17) is 0 Å². The average Bonchev–Trinajstić information content (AvgIpc) is 3.02. The van der Waals surface area contributed by atoms with Crippen molar-refractivity contribution in [2.24, 2.45) is 11.8 Å². The predicted molar refractivity (Wildman–Crippen MR) is 92.2 cm³/mol. The second-order valence-electron chi connectivity index (χ2n) is 6.77. The van der Waals surface area contributed by atoms with Crippen LogP contribution in [0, 0.1) is 17.7 Å². The number of halogens is 2. The number of amides is 1. The van der Waals surface area contributed by atoms with Crippen molar-refractivity contribution in [2.45, 2.75) is 45.1 Å². The smallest absolute Gasteiger partial charge is 0.220 e. The number of fused-ring (bicyclic) bond motifs is 1. The molecule has 0 spiro atoms. The van der Waals surface area contributed by atoms with Crippen molar-refractivity contribution in [1.29, 1.82) is 0 Å². The highest BCUT2D eigenvalue weighted by Gasteiger charge is 2.29. The maximum atomic E-state index is 13.9. The summed E-state index contributed by atoms with van der Waals surface area (Å²) in [7, 11) is 0. The molecule has 0 saturated carbocycles. The molecule has 5 heteroatoms. The molecule has 1 aliphatic carbocycles. The molecule has 0 aromatic heterocycles. The standard InChI is InChI=1S/C18H25FN2O.ClH/c1-12-5-7-14-15(3-2-4-16(14)19)18(12)21-17(22)8-6-13-9-10-20-11-13;/h2-4,12-13,18,20H,5-11H2,1H3,(H,21,22);1H. The van der Waals surface area contributed by atoms with Gasteiger partial charge in [0.05, 0.1) is 6.04 Å². The lowest BCUT2D eigenvalue weighted by Crippen LogP contribution is -2.35. The maximum Gasteiger partial charge on any atom is 0.220 e. The summed E-state index contributed by atoms with van der Waals surface area (Å²) >= 11 is 0. The Labute approximate surface area is 143 Å². The van der Waals surface area contributed by atoms with E-state index >= 15 is 0 Å². The van der Waals surface area contributed by atoms with Gasteiger partial charge in [-0.3, -0.25) is 4.79 Å². The van der Waals surface area contributed by atoms with Crippen molar-refractivity contribution >= 4 is 18.3 Å². The lowest BCUT2D eigenvalue weighted by molar-refractivity contribution is -0.122. The summed E-state index contributed by atoms with van der Waals surface area (Å²) in [6.07, 6.45) is 4.37. The van der Waals surface area contributed by atoms with Crippen molar-refractivity contribution < 1.29 is 9.18 Å². The molecule has 128 valence electrons. The van der Waals surface area contributed by atoms with Gasteiger partial charge in [0.25, 0.3) is 0 Å². The first kappa shape index (κ1) is 18.2. The van der Waals surface area contributed by atoms with Gasteiger partial charge in [-0.15, -0.1) is 12.4 Å².